The van der Waals surface area contributed by atoms with E-state index in [-0.39, 0.29) is 21.4 Å². The van der Waals surface area contributed by atoms with Crippen molar-refractivity contribution in [3.63, 3.8) is 0 Å². The number of hydrogen-bond donors (Lipinski definition) is 2. The zero-order valence-electron chi connectivity index (χ0n) is 14.6. The van der Waals surface area contributed by atoms with Gasteiger partial charge in [0.25, 0.3) is 5.91 Å². The van der Waals surface area contributed by atoms with E-state index in [4.69, 9.17) is 16.3 Å². The van der Waals surface area contributed by atoms with Crippen molar-refractivity contribution >= 4 is 33.5 Å². The Kier molecular flexibility index (Phi) is 7.43. The molecule has 1 aliphatic carbocycles. The lowest BCUT2D eigenvalue weighted by Gasteiger charge is -2.21. The molecule has 1 aromatic carbocycles. The molecule has 0 spiro atoms. The smallest absolute Gasteiger partial charge is 0.338 e. The van der Waals surface area contributed by atoms with E-state index in [9.17, 15) is 18.0 Å². The fraction of sp³-hybridized carbons (Fsp3) is 0.529. The second-order valence-electron chi connectivity index (χ2n) is 6.24. The topological polar surface area (TPSA) is 102 Å². The van der Waals surface area contributed by atoms with Crippen LogP contribution in [-0.4, -0.2) is 40.5 Å². The molecule has 1 saturated carbocycles. The summed E-state index contributed by atoms with van der Waals surface area (Å²) in [5.41, 5.74) is 0.00306. The summed E-state index contributed by atoms with van der Waals surface area (Å²) in [6.45, 7) is 0.171. The molecule has 0 heterocycles. The lowest BCUT2D eigenvalue weighted by atomic mass is 9.89. The Morgan fingerprint density at radius 1 is 1.23 bits per heavy atom. The Bertz CT molecular complexity index is 760. The summed E-state index contributed by atoms with van der Waals surface area (Å²) >= 11 is 5.87. The highest BCUT2D eigenvalue weighted by atomic mass is 35.5. The first-order valence-electron chi connectivity index (χ1n) is 8.50. The van der Waals surface area contributed by atoms with E-state index >= 15 is 0 Å². The average molecular weight is 403 g/mol. The Balaban J connectivity index is 1.89. The van der Waals surface area contributed by atoms with Gasteiger partial charge in [0.1, 0.15) is 4.90 Å². The second kappa shape index (κ2) is 9.34. The van der Waals surface area contributed by atoms with Gasteiger partial charge in [-0.1, -0.05) is 30.9 Å². The Labute approximate surface area is 158 Å². The molecule has 1 aromatic rings. The number of ether oxygens (including phenoxy) is 1. The third kappa shape index (κ3) is 5.69. The van der Waals surface area contributed by atoms with E-state index in [1.165, 1.54) is 38.4 Å². The minimum atomic E-state index is -3.81. The fourth-order valence-electron chi connectivity index (χ4n) is 2.86. The Hall–Kier alpha value is -1.64. The maximum atomic E-state index is 12.1. The van der Waals surface area contributed by atoms with Crippen LogP contribution in [0.25, 0.3) is 0 Å². The predicted octanol–water partition coefficient (Wildman–Crippen LogP) is 2.10. The van der Waals surface area contributed by atoms with Crippen molar-refractivity contribution in [2.45, 2.75) is 37.0 Å². The van der Waals surface area contributed by atoms with E-state index in [1.54, 1.807) is 0 Å². The van der Waals surface area contributed by atoms with Gasteiger partial charge in [-0.2, -0.15) is 0 Å². The number of halogens is 1. The molecule has 1 amide bonds. The molecule has 1 aliphatic rings. The van der Waals surface area contributed by atoms with Crippen LogP contribution in [0.15, 0.2) is 23.1 Å². The standard InChI is InChI=1S/C17H23ClN2O5S/c1-19-26(23,24)15-9-13(7-8-14(15)18)17(22)25-11-16(21)20-10-12-5-3-2-4-6-12/h7-9,12,19H,2-6,10-11H2,1H3,(H,20,21). The number of rotatable bonds is 7. The van der Waals surface area contributed by atoms with Gasteiger partial charge in [-0.05, 0) is 44.0 Å². The zero-order chi connectivity index (χ0) is 19.2. The first-order valence-corrected chi connectivity index (χ1v) is 10.4. The van der Waals surface area contributed by atoms with Crippen LogP contribution in [0.1, 0.15) is 42.5 Å². The maximum Gasteiger partial charge on any atom is 0.338 e. The van der Waals surface area contributed by atoms with Crippen LogP contribution >= 0.6 is 11.6 Å². The first kappa shape index (κ1) is 20.7. The van der Waals surface area contributed by atoms with Gasteiger partial charge in [-0.3, -0.25) is 4.79 Å². The summed E-state index contributed by atoms with van der Waals surface area (Å²) in [4.78, 5) is 23.7. The van der Waals surface area contributed by atoms with E-state index in [1.807, 2.05) is 0 Å². The lowest BCUT2D eigenvalue weighted by Crippen LogP contribution is -2.33. The minimum Gasteiger partial charge on any atom is -0.452 e. The number of carbonyl (C=O) groups excluding carboxylic acids is 2. The molecule has 26 heavy (non-hydrogen) atoms. The van der Waals surface area contributed by atoms with E-state index in [0.29, 0.717) is 12.5 Å². The Morgan fingerprint density at radius 3 is 2.58 bits per heavy atom. The highest BCUT2D eigenvalue weighted by Crippen LogP contribution is 2.23. The molecule has 0 atom stereocenters. The number of sulfonamides is 1. The maximum absolute atomic E-state index is 12.1. The van der Waals surface area contributed by atoms with Crippen molar-refractivity contribution in [2.75, 3.05) is 20.2 Å². The molecule has 0 radical (unpaired) electrons. The number of benzene rings is 1. The normalized spacial score (nSPS) is 15.5. The molecule has 9 heteroatoms. The van der Waals surface area contributed by atoms with Crippen molar-refractivity contribution in [3.8, 4) is 0 Å². The number of nitrogens with one attached hydrogen (secondary N) is 2. The molecule has 0 unspecified atom stereocenters. The van der Waals surface area contributed by atoms with Crippen molar-refractivity contribution < 1.29 is 22.7 Å². The fourth-order valence-corrected chi connectivity index (χ4v) is 4.11. The molecule has 0 aromatic heterocycles. The van der Waals surface area contributed by atoms with Gasteiger partial charge in [-0.15, -0.1) is 0 Å². The van der Waals surface area contributed by atoms with Gasteiger partial charge >= 0.3 is 5.97 Å². The molecule has 0 saturated heterocycles. The third-order valence-corrected chi connectivity index (χ3v) is 6.27. The van der Waals surface area contributed by atoms with Gasteiger partial charge in [0, 0.05) is 6.54 Å². The van der Waals surface area contributed by atoms with Crippen LogP contribution < -0.4 is 10.0 Å². The number of amides is 1. The van der Waals surface area contributed by atoms with Crippen LogP contribution in [0.4, 0.5) is 0 Å². The molecule has 0 bridgehead atoms. The summed E-state index contributed by atoms with van der Waals surface area (Å²) in [5.74, 6) is -0.683. The average Bonchev–Trinajstić information content (AvgIpc) is 2.65. The highest BCUT2D eigenvalue weighted by molar-refractivity contribution is 7.89. The van der Waals surface area contributed by atoms with Gasteiger partial charge in [-0.25, -0.2) is 17.9 Å². The zero-order valence-corrected chi connectivity index (χ0v) is 16.2. The van der Waals surface area contributed by atoms with Gasteiger partial charge < -0.3 is 10.1 Å². The summed E-state index contributed by atoms with van der Waals surface area (Å²) in [6.07, 6.45) is 5.82. The molecule has 2 rings (SSSR count). The summed E-state index contributed by atoms with van der Waals surface area (Å²) in [7, 11) is -2.56. The van der Waals surface area contributed by atoms with Gasteiger partial charge in [0.05, 0.1) is 10.6 Å². The van der Waals surface area contributed by atoms with Crippen LogP contribution in [0, 0.1) is 5.92 Å². The third-order valence-electron chi connectivity index (χ3n) is 4.37. The molecule has 0 aliphatic heterocycles. The quantitative estimate of drug-likeness (QED) is 0.680. The van der Waals surface area contributed by atoms with E-state index in [0.717, 1.165) is 18.9 Å². The van der Waals surface area contributed by atoms with E-state index < -0.39 is 22.6 Å². The van der Waals surface area contributed by atoms with Gasteiger partial charge in [0.2, 0.25) is 10.0 Å². The molecular weight excluding hydrogens is 380 g/mol. The summed E-state index contributed by atoms with van der Waals surface area (Å²) in [5, 5.41) is 2.76. The van der Waals surface area contributed by atoms with Crippen LogP contribution in [-0.2, 0) is 19.6 Å². The van der Waals surface area contributed by atoms with Crippen molar-refractivity contribution in [3.05, 3.63) is 28.8 Å². The van der Waals surface area contributed by atoms with E-state index in [2.05, 4.69) is 10.0 Å². The molecular formula is C17H23ClN2O5S. The summed E-state index contributed by atoms with van der Waals surface area (Å²) in [6, 6.07) is 3.77. The number of hydrogen-bond acceptors (Lipinski definition) is 5. The van der Waals surface area contributed by atoms with Crippen LogP contribution in [0.5, 0.6) is 0 Å². The predicted molar refractivity (Wildman–Crippen MR) is 97.6 cm³/mol. The monoisotopic (exact) mass is 402 g/mol. The molecule has 2 N–H and O–H groups in total. The number of carbonyl (C=O) groups is 2. The van der Waals surface area contributed by atoms with Gasteiger partial charge in [0.15, 0.2) is 6.61 Å². The largest absolute Gasteiger partial charge is 0.452 e. The van der Waals surface area contributed by atoms with Crippen molar-refractivity contribution in [1.82, 2.24) is 10.0 Å². The van der Waals surface area contributed by atoms with Crippen LogP contribution in [0.2, 0.25) is 5.02 Å². The highest BCUT2D eigenvalue weighted by Gasteiger charge is 2.20. The first-order chi connectivity index (χ1) is 12.3. The molecule has 7 nitrogen and oxygen atoms in total. The molecule has 1 fully saturated rings. The lowest BCUT2D eigenvalue weighted by molar-refractivity contribution is -0.124. The number of esters is 1. The van der Waals surface area contributed by atoms with Crippen molar-refractivity contribution in [2.24, 2.45) is 5.92 Å². The van der Waals surface area contributed by atoms with Crippen molar-refractivity contribution in [1.29, 1.82) is 0 Å². The van der Waals surface area contributed by atoms with Crippen LogP contribution in [0.3, 0.4) is 0 Å². The summed E-state index contributed by atoms with van der Waals surface area (Å²) < 4.78 is 30.9. The Morgan fingerprint density at radius 2 is 1.92 bits per heavy atom. The molecule has 144 valence electrons. The SMILES string of the molecule is CNS(=O)(=O)c1cc(C(=O)OCC(=O)NCC2CCCCC2)ccc1Cl. The minimum absolute atomic E-state index is 0.00306. The second-order valence-corrected chi connectivity index (χ2v) is 8.50.